The monoisotopic (exact) mass is 371 g/mol. The minimum atomic E-state index is 0.00711. The van der Waals surface area contributed by atoms with Crippen LogP contribution in [0.5, 0.6) is 0 Å². The molecule has 6 heteroatoms. The summed E-state index contributed by atoms with van der Waals surface area (Å²) in [5.41, 5.74) is 2.85. The number of thiophene rings is 1. The van der Waals surface area contributed by atoms with Gasteiger partial charge in [0.15, 0.2) is 5.13 Å². The minimum absolute atomic E-state index is 0.00711. The van der Waals surface area contributed by atoms with Gasteiger partial charge in [0.05, 0.1) is 12.1 Å². The SMILES string of the molecule is CCN(CC)c1nc(-c2ccc(NC(=O)Cc3cccs3)cc2)cs1. The zero-order valence-corrected chi connectivity index (χ0v) is 16.0. The fraction of sp³-hybridized carbons (Fsp3) is 0.263. The molecule has 0 saturated heterocycles. The summed E-state index contributed by atoms with van der Waals surface area (Å²) in [4.78, 5) is 20.1. The zero-order valence-electron chi connectivity index (χ0n) is 14.4. The van der Waals surface area contributed by atoms with Gasteiger partial charge >= 0.3 is 0 Å². The maximum atomic E-state index is 12.1. The van der Waals surface area contributed by atoms with Gasteiger partial charge in [-0.25, -0.2) is 4.98 Å². The highest BCUT2D eigenvalue weighted by atomic mass is 32.1. The number of carbonyl (C=O) groups is 1. The predicted octanol–water partition coefficient (Wildman–Crippen LogP) is 4.90. The first-order valence-electron chi connectivity index (χ1n) is 8.32. The van der Waals surface area contributed by atoms with Crippen LogP contribution in [-0.2, 0) is 11.2 Å². The van der Waals surface area contributed by atoms with Crippen LogP contribution in [0.25, 0.3) is 11.3 Å². The standard InChI is InChI=1S/C19H21N3OS2/c1-3-22(4-2)19-21-17(13-25-19)14-7-9-15(10-8-14)20-18(23)12-16-6-5-11-24-16/h5-11,13H,3-4,12H2,1-2H3,(H,20,23). The normalized spacial score (nSPS) is 10.6. The summed E-state index contributed by atoms with van der Waals surface area (Å²) in [7, 11) is 0. The first-order valence-corrected chi connectivity index (χ1v) is 10.1. The lowest BCUT2D eigenvalue weighted by molar-refractivity contribution is -0.115. The number of amides is 1. The molecular formula is C19H21N3OS2. The van der Waals surface area contributed by atoms with Crippen molar-refractivity contribution in [2.75, 3.05) is 23.3 Å². The maximum absolute atomic E-state index is 12.1. The Labute approximate surface area is 156 Å². The molecule has 0 atom stereocenters. The summed E-state index contributed by atoms with van der Waals surface area (Å²) in [5, 5.41) is 8.06. The summed E-state index contributed by atoms with van der Waals surface area (Å²) in [6.45, 7) is 6.19. The van der Waals surface area contributed by atoms with Crippen molar-refractivity contribution in [3.63, 3.8) is 0 Å². The molecule has 0 aliphatic carbocycles. The van der Waals surface area contributed by atoms with Crippen LogP contribution < -0.4 is 10.2 Å². The highest BCUT2D eigenvalue weighted by Crippen LogP contribution is 2.28. The van der Waals surface area contributed by atoms with E-state index in [1.54, 1.807) is 22.7 Å². The fourth-order valence-corrected chi connectivity index (χ4v) is 4.20. The highest BCUT2D eigenvalue weighted by Gasteiger charge is 2.10. The molecule has 25 heavy (non-hydrogen) atoms. The van der Waals surface area contributed by atoms with Gasteiger partial charge in [0, 0.05) is 34.6 Å². The van der Waals surface area contributed by atoms with E-state index < -0.39 is 0 Å². The van der Waals surface area contributed by atoms with Gasteiger partial charge in [-0.15, -0.1) is 22.7 Å². The summed E-state index contributed by atoms with van der Waals surface area (Å²) in [6, 6.07) is 11.8. The highest BCUT2D eigenvalue weighted by molar-refractivity contribution is 7.14. The number of rotatable bonds is 7. The van der Waals surface area contributed by atoms with E-state index in [9.17, 15) is 4.79 Å². The van der Waals surface area contributed by atoms with E-state index in [1.165, 1.54) is 0 Å². The average molecular weight is 372 g/mol. The van der Waals surface area contributed by atoms with Crippen molar-refractivity contribution in [2.24, 2.45) is 0 Å². The lowest BCUT2D eigenvalue weighted by Crippen LogP contribution is -2.21. The third kappa shape index (κ3) is 4.46. The fourth-order valence-electron chi connectivity index (χ4n) is 2.54. The molecule has 0 saturated carbocycles. The molecule has 0 radical (unpaired) electrons. The Balaban J connectivity index is 1.65. The summed E-state index contributed by atoms with van der Waals surface area (Å²) in [6.07, 6.45) is 0.415. The number of nitrogens with one attached hydrogen (secondary N) is 1. The second kappa shape index (κ2) is 8.27. The topological polar surface area (TPSA) is 45.2 Å². The lowest BCUT2D eigenvalue weighted by atomic mass is 10.1. The summed E-state index contributed by atoms with van der Waals surface area (Å²) < 4.78 is 0. The third-order valence-electron chi connectivity index (χ3n) is 3.91. The second-order valence-electron chi connectivity index (χ2n) is 5.57. The van der Waals surface area contributed by atoms with Crippen LogP contribution in [0.15, 0.2) is 47.2 Å². The molecule has 3 rings (SSSR count). The first kappa shape index (κ1) is 17.6. The lowest BCUT2D eigenvalue weighted by Gasteiger charge is -2.16. The van der Waals surface area contributed by atoms with Gasteiger partial charge in [0.25, 0.3) is 0 Å². The van der Waals surface area contributed by atoms with Crippen LogP contribution in [0.3, 0.4) is 0 Å². The molecule has 2 aromatic heterocycles. The molecule has 0 fully saturated rings. The number of hydrogen-bond donors (Lipinski definition) is 1. The van der Waals surface area contributed by atoms with Crippen molar-refractivity contribution in [3.05, 3.63) is 52.0 Å². The maximum Gasteiger partial charge on any atom is 0.229 e. The van der Waals surface area contributed by atoms with Crippen LogP contribution >= 0.6 is 22.7 Å². The first-order chi connectivity index (χ1) is 12.2. The summed E-state index contributed by atoms with van der Waals surface area (Å²) >= 11 is 3.26. The number of thiazole rings is 1. The van der Waals surface area contributed by atoms with Gasteiger partial charge in [-0.1, -0.05) is 18.2 Å². The molecule has 0 aliphatic heterocycles. The van der Waals surface area contributed by atoms with E-state index in [0.717, 1.165) is 40.0 Å². The molecule has 0 aliphatic rings. The molecule has 1 amide bonds. The molecule has 4 nitrogen and oxygen atoms in total. The average Bonchev–Trinajstić information content (AvgIpc) is 3.29. The van der Waals surface area contributed by atoms with Crippen LogP contribution in [-0.4, -0.2) is 24.0 Å². The Bertz CT molecular complexity index is 806. The van der Waals surface area contributed by atoms with Gasteiger partial charge in [0.1, 0.15) is 0 Å². The van der Waals surface area contributed by atoms with E-state index in [2.05, 4.69) is 29.4 Å². The van der Waals surface area contributed by atoms with Crippen molar-refractivity contribution < 1.29 is 4.79 Å². The molecule has 2 heterocycles. The molecule has 1 aromatic carbocycles. The Morgan fingerprint density at radius 3 is 2.52 bits per heavy atom. The van der Waals surface area contributed by atoms with Crippen LogP contribution in [0.2, 0.25) is 0 Å². The van der Waals surface area contributed by atoms with Crippen LogP contribution in [0, 0.1) is 0 Å². The molecular weight excluding hydrogens is 350 g/mol. The Morgan fingerprint density at radius 2 is 1.88 bits per heavy atom. The summed E-state index contributed by atoms with van der Waals surface area (Å²) in [5.74, 6) is 0.00711. The van der Waals surface area contributed by atoms with E-state index >= 15 is 0 Å². The van der Waals surface area contributed by atoms with Crippen LogP contribution in [0.4, 0.5) is 10.8 Å². The van der Waals surface area contributed by atoms with Gasteiger partial charge in [-0.05, 0) is 37.4 Å². The molecule has 0 bridgehead atoms. The van der Waals surface area contributed by atoms with Gasteiger partial charge in [-0.3, -0.25) is 4.79 Å². The zero-order chi connectivity index (χ0) is 17.6. The van der Waals surface area contributed by atoms with Gasteiger partial charge in [-0.2, -0.15) is 0 Å². The largest absolute Gasteiger partial charge is 0.349 e. The third-order valence-corrected chi connectivity index (χ3v) is 5.68. The van der Waals surface area contributed by atoms with Crippen LogP contribution in [0.1, 0.15) is 18.7 Å². The number of benzene rings is 1. The van der Waals surface area contributed by atoms with Crippen molar-refractivity contribution >= 4 is 39.4 Å². The van der Waals surface area contributed by atoms with Crippen molar-refractivity contribution in [1.82, 2.24) is 4.98 Å². The molecule has 0 spiro atoms. The molecule has 0 unspecified atom stereocenters. The Kier molecular flexibility index (Phi) is 5.83. The molecule has 130 valence electrons. The van der Waals surface area contributed by atoms with Crippen molar-refractivity contribution in [3.8, 4) is 11.3 Å². The van der Waals surface area contributed by atoms with Gasteiger partial charge in [0.2, 0.25) is 5.91 Å². The smallest absolute Gasteiger partial charge is 0.229 e. The number of aromatic nitrogens is 1. The molecule has 3 aromatic rings. The predicted molar refractivity (Wildman–Crippen MR) is 108 cm³/mol. The number of hydrogen-bond acceptors (Lipinski definition) is 5. The number of anilines is 2. The Morgan fingerprint density at radius 1 is 1.12 bits per heavy atom. The van der Waals surface area contributed by atoms with E-state index in [0.29, 0.717) is 6.42 Å². The Hall–Kier alpha value is -2.18. The minimum Gasteiger partial charge on any atom is -0.349 e. The van der Waals surface area contributed by atoms with E-state index in [-0.39, 0.29) is 5.91 Å². The number of nitrogens with zero attached hydrogens (tertiary/aromatic N) is 2. The quantitative estimate of drug-likeness (QED) is 0.642. The second-order valence-corrected chi connectivity index (χ2v) is 7.44. The van der Waals surface area contributed by atoms with Crippen molar-refractivity contribution in [2.45, 2.75) is 20.3 Å². The number of carbonyl (C=O) groups excluding carboxylic acids is 1. The van der Waals surface area contributed by atoms with E-state index in [4.69, 9.17) is 4.98 Å². The van der Waals surface area contributed by atoms with E-state index in [1.807, 2.05) is 41.8 Å². The van der Waals surface area contributed by atoms with Crippen molar-refractivity contribution in [1.29, 1.82) is 0 Å². The van der Waals surface area contributed by atoms with Gasteiger partial charge < -0.3 is 10.2 Å². The molecule has 1 N–H and O–H groups in total.